The Bertz CT molecular complexity index is 446. The van der Waals surface area contributed by atoms with Crippen molar-refractivity contribution in [2.24, 2.45) is 5.41 Å². The highest BCUT2D eigenvalue weighted by Crippen LogP contribution is 2.39. The van der Waals surface area contributed by atoms with Gasteiger partial charge in [-0.25, -0.2) is 4.39 Å². The number of benzene rings is 1. The molecule has 0 bridgehead atoms. The van der Waals surface area contributed by atoms with Crippen LogP contribution in [0.1, 0.15) is 32.4 Å². The Morgan fingerprint density at radius 1 is 1.19 bits per heavy atom. The van der Waals surface area contributed by atoms with E-state index < -0.39 is 0 Å². The van der Waals surface area contributed by atoms with E-state index in [0.717, 1.165) is 26.2 Å². The zero-order valence-electron chi connectivity index (χ0n) is 12.7. The van der Waals surface area contributed by atoms with Gasteiger partial charge in [0.1, 0.15) is 5.82 Å². The number of rotatable bonds is 2. The SMILES string of the molecule is CC(C)(C)[C@H](c1ccc(F)c(Br)c1)N1CCNCC1.Cl.Cl. The first kappa shape index (κ1) is 21.1. The zero-order chi connectivity index (χ0) is 14.0. The van der Waals surface area contributed by atoms with Gasteiger partial charge in [0.2, 0.25) is 0 Å². The summed E-state index contributed by atoms with van der Waals surface area (Å²) in [5.74, 6) is -0.197. The second-order valence-electron chi connectivity index (χ2n) is 6.23. The minimum absolute atomic E-state index is 0. The van der Waals surface area contributed by atoms with Gasteiger partial charge in [-0.05, 0) is 39.0 Å². The van der Waals surface area contributed by atoms with E-state index in [4.69, 9.17) is 0 Å². The van der Waals surface area contributed by atoms with E-state index in [2.05, 4.69) is 46.9 Å². The number of piperazine rings is 1. The summed E-state index contributed by atoms with van der Waals surface area (Å²) in [6.07, 6.45) is 0. The van der Waals surface area contributed by atoms with Crippen LogP contribution in [0.5, 0.6) is 0 Å². The van der Waals surface area contributed by atoms with Gasteiger partial charge in [0.15, 0.2) is 0 Å². The Morgan fingerprint density at radius 3 is 2.24 bits per heavy atom. The van der Waals surface area contributed by atoms with Crippen LogP contribution < -0.4 is 5.32 Å². The Hall–Kier alpha value is 0.130. The van der Waals surface area contributed by atoms with Crippen molar-refractivity contribution >= 4 is 40.7 Å². The van der Waals surface area contributed by atoms with Crippen molar-refractivity contribution in [2.45, 2.75) is 26.8 Å². The second kappa shape index (κ2) is 8.68. The van der Waals surface area contributed by atoms with Gasteiger partial charge in [0.25, 0.3) is 0 Å². The third kappa shape index (κ3) is 5.36. The topological polar surface area (TPSA) is 15.3 Å². The molecule has 2 nitrogen and oxygen atoms in total. The summed E-state index contributed by atoms with van der Waals surface area (Å²) in [4.78, 5) is 2.50. The summed E-state index contributed by atoms with van der Waals surface area (Å²) in [5.41, 5.74) is 1.30. The molecule has 1 atom stereocenters. The van der Waals surface area contributed by atoms with Crippen LogP contribution in [0.4, 0.5) is 4.39 Å². The fourth-order valence-electron chi connectivity index (χ4n) is 2.88. The molecule has 1 N–H and O–H groups in total. The molecular weight excluding hydrogens is 378 g/mol. The Kier molecular flexibility index (Phi) is 8.74. The van der Waals surface area contributed by atoms with Crippen LogP contribution in [0.15, 0.2) is 22.7 Å². The molecule has 1 heterocycles. The highest BCUT2D eigenvalue weighted by atomic mass is 79.9. The zero-order valence-corrected chi connectivity index (χ0v) is 15.9. The summed E-state index contributed by atoms with van der Waals surface area (Å²) >= 11 is 3.30. The quantitative estimate of drug-likeness (QED) is 0.788. The largest absolute Gasteiger partial charge is 0.314 e. The summed E-state index contributed by atoms with van der Waals surface area (Å²) in [5, 5.41) is 3.38. The molecule has 21 heavy (non-hydrogen) atoms. The molecule has 2 rings (SSSR count). The molecule has 1 aromatic rings. The van der Waals surface area contributed by atoms with Crippen LogP contribution in [-0.2, 0) is 0 Å². The van der Waals surface area contributed by atoms with Crippen LogP contribution in [0.2, 0.25) is 0 Å². The second-order valence-corrected chi connectivity index (χ2v) is 7.08. The van der Waals surface area contributed by atoms with E-state index in [1.54, 1.807) is 6.07 Å². The van der Waals surface area contributed by atoms with Crippen molar-refractivity contribution < 1.29 is 4.39 Å². The number of nitrogens with one attached hydrogen (secondary N) is 1. The molecule has 1 fully saturated rings. The Labute approximate surface area is 147 Å². The lowest BCUT2D eigenvalue weighted by atomic mass is 9.81. The van der Waals surface area contributed by atoms with Gasteiger partial charge in [0.05, 0.1) is 4.47 Å². The van der Waals surface area contributed by atoms with E-state index >= 15 is 0 Å². The van der Waals surface area contributed by atoms with Crippen molar-refractivity contribution in [1.29, 1.82) is 0 Å². The molecule has 0 saturated carbocycles. The smallest absolute Gasteiger partial charge is 0.137 e. The van der Waals surface area contributed by atoms with Crippen LogP contribution in [0.3, 0.4) is 0 Å². The first-order valence-electron chi connectivity index (χ1n) is 6.79. The van der Waals surface area contributed by atoms with Gasteiger partial charge < -0.3 is 5.32 Å². The van der Waals surface area contributed by atoms with Crippen LogP contribution in [0.25, 0.3) is 0 Å². The molecule has 0 aliphatic carbocycles. The fraction of sp³-hybridized carbons (Fsp3) is 0.600. The average Bonchev–Trinajstić information content (AvgIpc) is 2.34. The Morgan fingerprint density at radius 2 is 1.76 bits per heavy atom. The summed E-state index contributed by atoms with van der Waals surface area (Å²) in [7, 11) is 0. The fourth-order valence-corrected chi connectivity index (χ4v) is 3.28. The molecule has 1 aliphatic rings. The van der Waals surface area contributed by atoms with Gasteiger partial charge in [-0.2, -0.15) is 0 Å². The van der Waals surface area contributed by atoms with Crippen molar-refractivity contribution in [3.8, 4) is 0 Å². The first-order chi connectivity index (χ1) is 8.89. The van der Waals surface area contributed by atoms with Gasteiger partial charge in [-0.3, -0.25) is 4.90 Å². The molecule has 0 amide bonds. The number of hydrogen-bond acceptors (Lipinski definition) is 2. The first-order valence-corrected chi connectivity index (χ1v) is 7.58. The predicted octanol–water partition coefficient (Wildman–Crippen LogP) is 4.42. The molecule has 0 spiro atoms. The number of halogens is 4. The third-order valence-electron chi connectivity index (χ3n) is 3.60. The van der Waals surface area contributed by atoms with Crippen LogP contribution in [-0.4, -0.2) is 31.1 Å². The van der Waals surface area contributed by atoms with Crippen molar-refractivity contribution in [2.75, 3.05) is 26.2 Å². The van der Waals surface area contributed by atoms with Crippen LogP contribution in [0, 0.1) is 11.2 Å². The minimum atomic E-state index is -0.197. The minimum Gasteiger partial charge on any atom is -0.314 e. The maximum absolute atomic E-state index is 13.4. The molecule has 1 saturated heterocycles. The average molecular weight is 402 g/mol. The number of hydrogen-bond donors (Lipinski definition) is 1. The van der Waals surface area contributed by atoms with Crippen molar-refractivity contribution in [3.63, 3.8) is 0 Å². The molecule has 0 radical (unpaired) electrons. The normalized spacial score (nSPS) is 17.6. The van der Waals surface area contributed by atoms with Gasteiger partial charge in [-0.15, -0.1) is 24.8 Å². The van der Waals surface area contributed by atoms with E-state index in [9.17, 15) is 4.39 Å². The third-order valence-corrected chi connectivity index (χ3v) is 4.20. The standard InChI is InChI=1S/C15H22BrFN2.2ClH/c1-15(2,3)14(19-8-6-18-7-9-19)11-4-5-13(17)12(16)10-11;;/h4-5,10,14,18H,6-9H2,1-3H3;2*1H/t14-;;/m0../s1. The monoisotopic (exact) mass is 400 g/mol. The van der Waals surface area contributed by atoms with Crippen LogP contribution >= 0.6 is 40.7 Å². The highest BCUT2D eigenvalue weighted by Gasteiger charge is 2.32. The molecule has 6 heteroatoms. The molecule has 0 unspecified atom stereocenters. The molecule has 1 aliphatic heterocycles. The predicted molar refractivity (Wildman–Crippen MR) is 95.2 cm³/mol. The lowest BCUT2D eigenvalue weighted by Crippen LogP contribution is -2.48. The lowest BCUT2D eigenvalue weighted by molar-refractivity contribution is 0.0861. The molecular formula is C15H24BrCl2FN2. The molecule has 122 valence electrons. The van der Waals surface area contributed by atoms with Gasteiger partial charge >= 0.3 is 0 Å². The van der Waals surface area contributed by atoms with E-state index in [1.807, 2.05) is 12.1 Å². The lowest BCUT2D eigenvalue weighted by Gasteiger charge is -2.42. The van der Waals surface area contributed by atoms with Gasteiger partial charge in [-0.1, -0.05) is 26.8 Å². The molecule has 0 aromatic heterocycles. The van der Waals surface area contributed by atoms with E-state index in [1.165, 1.54) is 5.56 Å². The maximum Gasteiger partial charge on any atom is 0.137 e. The Balaban J connectivity index is 0.00000200. The van der Waals surface area contributed by atoms with Crippen molar-refractivity contribution in [3.05, 3.63) is 34.1 Å². The summed E-state index contributed by atoms with van der Waals surface area (Å²) < 4.78 is 14.0. The van der Waals surface area contributed by atoms with Crippen molar-refractivity contribution in [1.82, 2.24) is 10.2 Å². The maximum atomic E-state index is 13.4. The highest BCUT2D eigenvalue weighted by molar-refractivity contribution is 9.10. The summed E-state index contributed by atoms with van der Waals surface area (Å²) in [6.45, 7) is 10.9. The van der Waals surface area contributed by atoms with Gasteiger partial charge in [0, 0.05) is 32.2 Å². The van der Waals surface area contributed by atoms with E-state index in [-0.39, 0.29) is 36.0 Å². The van der Waals surface area contributed by atoms with E-state index in [0.29, 0.717) is 10.5 Å². The summed E-state index contributed by atoms with van der Waals surface area (Å²) in [6, 6.07) is 5.71. The molecule has 1 aromatic carbocycles. The number of nitrogens with zero attached hydrogens (tertiary/aromatic N) is 1.